The fourth-order valence-electron chi connectivity index (χ4n) is 3.02. The van der Waals surface area contributed by atoms with Crippen LogP contribution in [0, 0.1) is 0 Å². The van der Waals surface area contributed by atoms with Gasteiger partial charge in [0.15, 0.2) is 0 Å². The molecule has 2 aromatic carbocycles. The van der Waals surface area contributed by atoms with Gasteiger partial charge in [0.2, 0.25) is 0 Å². The van der Waals surface area contributed by atoms with Crippen LogP contribution >= 0.6 is 0 Å². The third-order valence-corrected chi connectivity index (χ3v) is 4.49. The molecule has 0 saturated heterocycles. The summed E-state index contributed by atoms with van der Waals surface area (Å²) in [6.07, 6.45) is 8.12. The van der Waals surface area contributed by atoms with Crippen molar-refractivity contribution in [2.75, 3.05) is 5.32 Å². The number of nitrogens with zero attached hydrogens (tertiary/aromatic N) is 1. The molecule has 134 valence electrons. The van der Waals surface area contributed by atoms with Gasteiger partial charge in [-0.05, 0) is 30.2 Å². The number of ether oxygens (including phenoxy) is 1. The zero-order valence-corrected chi connectivity index (χ0v) is 14.8. The van der Waals surface area contributed by atoms with Gasteiger partial charge in [-0.25, -0.2) is 0 Å². The first-order chi connectivity index (χ1) is 13.3. The smallest absolute Gasteiger partial charge is 0.255 e. The number of carbonyl (C=O) groups excluding carboxylic acids is 1. The van der Waals surface area contributed by atoms with Crippen LogP contribution in [0.4, 0.5) is 5.69 Å². The van der Waals surface area contributed by atoms with E-state index in [9.17, 15) is 4.79 Å². The predicted octanol–water partition coefficient (Wildman–Crippen LogP) is 4.65. The van der Waals surface area contributed by atoms with Gasteiger partial charge in [-0.15, -0.1) is 0 Å². The highest BCUT2D eigenvalue weighted by molar-refractivity contribution is 6.06. The topological polar surface area (TPSA) is 51.2 Å². The predicted molar refractivity (Wildman–Crippen MR) is 107 cm³/mol. The summed E-state index contributed by atoms with van der Waals surface area (Å²) in [4.78, 5) is 16.8. The minimum Gasteiger partial charge on any atom is -0.369 e. The quantitative estimate of drug-likeness (QED) is 0.724. The van der Waals surface area contributed by atoms with Crippen LogP contribution in [-0.2, 0) is 16.1 Å². The van der Waals surface area contributed by atoms with Crippen molar-refractivity contribution in [3.8, 4) is 0 Å². The van der Waals surface area contributed by atoms with Crippen molar-refractivity contribution in [2.24, 2.45) is 0 Å². The average molecular weight is 356 g/mol. The Morgan fingerprint density at radius 1 is 1.11 bits per heavy atom. The van der Waals surface area contributed by atoms with E-state index in [0.29, 0.717) is 18.6 Å². The standard InChI is InChI=1S/C23H20N2O2/c26-23(25-20-11-8-18-7-4-14-24-22(18)15-20)19-9-12-21(13-10-19)27-16-17-5-2-1-3-6-17/h1-12,14-15,21H,13,16H2,(H,25,26). The number of amides is 1. The number of benzene rings is 2. The molecular weight excluding hydrogens is 336 g/mol. The molecule has 3 aromatic rings. The maximum Gasteiger partial charge on any atom is 0.255 e. The molecule has 0 aliphatic heterocycles. The number of hydrogen-bond donors (Lipinski definition) is 1. The van der Waals surface area contributed by atoms with Crippen molar-refractivity contribution in [1.82, 2.24) is 4.98 Å². The zero-order chi connectivity index (χ0) is 18.5. The summed E-state index contributed by atoms with van der Waals surface area (Å²) in [5.74, 6) is -0.122. The number of aromatic nitrogens is 1. The first-order valence-corrected chi connectivity index (χ1v) is 8.98. The Labute approximate surface area is 158 Å². The van der Waals surface area contributed by atoms with E-state index in [2.05, 4.69) is 10.3 Å². The van der Waals surface area contributed by atoms with Gasteiger partial charge in [-0.2, -0.15) is 0 Å². The normalized spacial score (nSPS) is 16.1. The molecule has 1 amide bonds. The van der Waals surface area contributed by atoms with Crippen LogP contribution in [0.2, 0.25) is 0 Å². The molecule has 1 heterocycles. The van der Waals surface area contributed by atoms with E-state index in [1.807, 2.05) is 78.9 Å². The maximum atomic E-state index is 12.5. The molecule has 1 aliphatic carbocycles. The molecular formula is C23H20N2O2. The second kappa shape index (κ2) is 7.98. The number of anilines is 1. The maximum absolute atomic E-state index is 12.5. The van der Waals surface area contributed by atoms with Gasteiger partial charge < -0.3 is 10.1 Å². The fourth-order valence-corrected chi connectivity index (χ4v) is 3.02. The van der Waals surface area contributed by atoms with Crippen molar-refractivity contribution in [1.29, 1.82) is 0 Å². The highest BCUT2D eigenvalue weighted by Gasteiger charge is 2.14. The third kappa shape index (κ3) is 4.30. The summed E-state index contributed by atoms with van der Waals surface area (Å²) in [7, 11) is 0. The lowest BCUT2D eigenvalue weighted by Crippen LogP contribution is -2.18. The minimum atomic E-state index is -0.122. The van der Waals surface area contributed by atoms with Crippen LogP contribution in [0.5, 0.6) is 0 Å². The molecule has 0 radical (unpaired) electrons. The molecule has 4 rings (SSSR count). The molecule has 1 atom stereocenters. The van der Waals surface area contributed by atoms with E-state index in [-0.39, 0.29) is 12.0 Å². The van der Waals surface area contributed by atoms with Crippen molar-refractivity contribution in [3.63, 3.8) is 0 Å². The highest BCUT2D eigenvalue weighted by atomic mass is 16.5. The average Bonchev–Trinajstić information content (AvgIpc) is 2.73. The first-order valence-electron chi connectivity index (χ1n) is 8.98. The molecule has 1 aliphatic rings. The summed E-state index contributed by atoms with van der Waals surface area (Å²) in [6, 6.07) is 19.7. The second-order valence-electron chi connectivity index (χ2n) is 6.45. The number of nitrogens with one attached hydrogen (secondary N) is 1. The number of fused-ring (bicyclic) bond motifs is 1. The van der Waals surface area contributed by atoms with Crippen molar-refractivity contribution in [2.45, 2.75) is 19.1 Å². The number of rotatable bonds is 5. The highest BCUT2D eigenvalue weighted by Crippen LogP contribution is 2.20. The van der Waals surface area contributed by atoms with Crippen LogP contribution in [0.1, 0.15) is 12.0 Å². The van der Waals surface area contributed by atoms with E-state index in [1.165, 1.54) is 0 Å². The number of carbonyl (C=O) groups is 1. The molecule has 0 bridgehead atoms. The lowest BCUT2D eigenvalue weighted by Gasteiger charge is -2.17. The fraction of sp³-hybridized carbons (Fsp3) is 0.130. The molecule has 0 spiro atoms. The third-order valence-electron chi connectivity index (χ3n) is 4.49. The van der Waals surface area contributed by atoms with Crippen molar-refractivity contribution < 1.29 is 9.53 Å². The summed E-state index contributed by atoms with van der Waals surface area (Å²) >= 11 is 0. The lowest BCUT2D eigenvalue weighted by molar-refractivity contribution is -0.112. The number of hydrogen-bond acceptors (Lipinski definition) is 3. The molecule has 1 N–H and O–H groups in total. The van der Waals surface area contributed by atoms with Crippen LogP contribution in [0.15, 0.2) is 90.7 Å². The summed E-state index contributed by atoms with van der Waals surface area (Å²) in [5, 5.41) is 3.98. The zero-order valence-electron chi connectivity index (χ0n) is 14.8. The summed E-state index contributed by atoms with van der Waals surface area (Å²) < 4.78 is 5.89. The van der Waals surface area contributed by atoms with Crippen LogP contribution in [0.3, 0.4) is 0 Å². The van der Waals surface area contributed by atoms with Gasteiger partial charge in [0.05, 0.1) is 18.2 Å². The first kappa shape index (κ1) is 17.2. The molecule has 1 aromatic heterocycles. The summed E-state index contributed by atoms with van der Waals surface area (Å²) in [6.45, 7) is 0.565. The van der Waals surface area contributed by atoms with E-state index in [1.54, 1.807) is 6.20 Å². The SMILES string of the molecule is O=C(Nc1ccc2cccnc2c1)C1=CCC(OCc2ccccc2)C=C1. The van der Waals surface area contributed by atoms with Gasteiger partial charge in [-0.1, -0.05) is 60.7 Å². The Morgan fingerprint density at radius 2 is 2.00 bits per heavy atom. The van der Waals surface area contributed by atoms with Gasteiger partial charge in [0.25, 0.3) is 5.91 Å². The monoisotopic (exact) mass is 356 g/mol. The Kier molecular flexibility index (Phi) is 5.08. The van der Waals surface area contributed by atoms with Gasteiger partial charge in [0.1, 0.15) is 0 Å². The molecule has 4 heteroatoms. The van der Waals surface area contributed by atoms with E-state index in [0.717, 1.165) is 22.2 Å². The molecule has 0 fully saturated rings. The Morgan fingerprint density at radius 3 is 2.81 bits per heavy atom. The van der Waals surface area contributed by atoms with Crippen molar-refractivity contribution >= 4 is 22.5 Å². The lowest BCUT2D eigenvalue weighted by atomic mass is 10.0. The Hall–Kier alpha value is -3.24. The molecule has 1 unspecified atom stereocenters. The largest absolute Gasteiger partial charge is 0.369 e. The van der Waals surface area contributed by atoms with E-state index < -0.39 is 0 Å². The second-order valence-corrected chi connectivity index (χ2v) is 6.45. The van der Waals surface area contributed by atoms with Crippen LogP contribution < -0.4 is 5.32 Å². The minimum absolute atomic E-state index is 0.00775. The van der Waals surface area contributed by atoms with E-state index >= 15 is 0 Å². The molecule has 27 heavy (non-hydrogen) atoms. The Balaban J connectivity index is 1.34. The van der Waals surface area contributed by atoms with Gasteiger partial charge >= 0.3 is 0 Å². The van der Waals surface area contributed by atoms with Crippen molar-refractivity contribution in [3.05, 3.63) is 96.2 Å². The van der Waals surface area contributed by atoms with Gasteiger partial charge in [-0.3, -0.25) is 9.78 Å². The summed E-state index contributed by atoms with van der Waals surface area (Å²) in [5.41, 5.74) is 3.39. The molecule has 0 saturated carbocycles. The van der Waals surface area contributed by atoms with E-state index in [4.69, 9.17) is 4.74 Å². The molecule has 4 nitrogen and oxygen atoms in total. The van der Waals surface area contributed by atoms with Gasteiger partial charge in [0, 0.05) is 22.8 Å². The Bertz CT molecular complexity index is 1010. The van der Waals surface area contributed by atoms with Crippen LogP contribution in [-0.4, -0.2) is 17.0 Å². The van der Waals surface area contributed by atoms with Crippen LogP contribution in [0.25, 0.3) is 10.9 Å². The number of pyridine rings is 1.